The summed E-state index contributed by atoms with van der Waals surface area (Å²) >= 11 is 0. The molecule has 182 valence electrons. The molecule has 0 aliphatic rings. The maximum absolute atomic E-state index is 12.8. The lowest BCUT2D eigenvalue weighted by atomic mass is 10.1. The minimum Gasteiger partial charge on any atom is -0.306 e. The standard InChI is InChI=1S/C22H14F3N3O.C6H14/c1-14-9-16(13-26-12-14)4-6-17-10-18(5-3-15(17)2)21(29)28-20-11-19(7-8-27-20)22(23,24)25;1-3-5-6-4-2/h7-13H,1-2H3,(H,27,28,29);3-6H2,1-2H3. The molecule has 1 aromatic carbocycles. The summed E-state index contributed by atoms with van der Waals surface area (Å²) in [5.74, 6) is 5.06. The molecular weight excluding hydrogens is 451 g/mol. The van der Waals surface area contributed by atoms with Gasteiger partial charge in [-0.25, -0.2) is 4.98 Å². The fourth-order valence-corrected chi connectivity index (χ4v) is 2.89. The van der Waals surface area contributed by atoms with Gasteiger partial charge < -0.3 is 5.32 Å². The molecule has 7 heteroatoms. The molecule has 35 heavy (non-hydrogen) atoms. The number of hydrogen-bond donors (Lipinski definition) is 1. The van der Waals surface area contributed by atoms with Crippen molar-refractivity contribution in [3.8, 4) is 11.8 Å². The lowest BCUT2D eigenvalue weighted by Crippen LogP contribution is -2.14. The summed E-state index contributed by atoms with van der Waals surface area (Å²) < 4.78 is 38.4. The van der Waals surface area contributed by atoms with Crippen molar-refractivity contribution < 1.29 is 18.0 Å². The van der Waals surface area contributed by atoms with E-state index in [-0.39, 0.29) is 11.4 Å². The maximum Gasteiger partial charge on any atom is 0.416 e. The third kappa shape index (κ3) is 9.14. The van der Waals surface area contributed by atoms with Crippen LogP contribution in [0.4, 0.5) is 19.0 Å². The molecule has 0 saturated carbocycles. The first-order chi connectivity index (χ1) is 16.6. The van der Waals surface area contributed by atoms with Gasteiger partial charge in [0.25, 0.3) is 5.91 Å². The Bertz CT molecular complexity index is 1190. The second-order valence-electron chi connectivity index (χ2n) is 7.94. The third-order valence-electron chi connectivity index (χ3n) is 4.82. The van der Waals surface area contributed by atoms with Crippen LogP contribution in [-0.4, -0.2) is 15.9 Å². The molecule has 0 aliphatic carbocycles. The normalized spacial score (nSPS) is 10.3. The number of carbonyl (C=O) groups excluding carboxylic acids is 1. The van der Waals surface area contributed by atoms with Gasteiger partial charge in [0, 0.05) is 35.3 Å². The number of amides is 1. The van der Waals surface area contributed by atoms with E-state index in [1.807, 2.05) is 13.0 Å². The first-order valence-corrected chi connectivity index (χ1v) is 11.4. The number of rotatable bonds is 5. The number of nitrogens with one attached hydrogen (secondary N) is 1. The molecular formula is C28H28F3N3O. The summed E-state index contributed by atoms with van der Waals surface area (Å²) in [6.45, 7) is 8.13. The fraction of sp³-hybridized carbons (Fsp3) is 0.321. The SMILES string of the molecule is CCCCCC.Cc1cncc(C#Cc2cc(C(=O)Nc3cc(C(F)(F)F)ccn3)c#cc2C)c1. The highest BCUT2D eigenvalue weighted by atomic mass is 19.4. The molecule has 0 aliphatic heterocycles. The predicted molar refractivity (Wildman–Crippen MR) is 131 cm³/mol. The van der Waals surface area contributed by atoms with Crippen LogP contribution in [0.25, 0.3) is 0 Å². The van der Waals surface area contributed by atoms with Crippen LogP contribution in [0.5, 0.6) is 0 Å². The highest BCUT2D eigenvalue weighted by molar-refractivity contribution is 6.03. The van der Waals surface area contributed by atoms with Crippen molar-refractivity contribution in [3.05, 3.63) is 88.4 Å². The van der Waals surface area contributed by atoms with E-state index in [4.69, 9.17) is 0 Å². The molecule has 2 aromatic heterocycles. The molecule has 1 amide bonds. The van der Waals surface area contributed by atoms with Crippen molar-refractivity contribution in [1.82, 2.24) is 9.97 Å². The molecule has 0 saturated heterocycles. The van der Waals surface area contributed by atoms with Gasteiger partial charge in [0.05, 0.1) is 11.1 Å². The number of pyridine rings is 2. The zero-order valence-corrected chi connectivity index (χ0v) is 20.3. The molecule has 0 fully saturated rings. The Hall–Kier alpha value is -3.84. The number of alkyl halides is 3. The number of carbonyl (C=O) groups is 1. The summed E-state index contributed by atoms with van der Waals surface area (Å²) in [7, 11) is 0. The summed E-state index contributed by atoms with van der Waals surface area (Å²) in [5.41, 5.74) is 2.10. The van der Waals surface area contributed by atoms with Gasteiger partial charge in [0.2, 0.25) is 0 Å². The van der Waals surface area contributed by atoms with E-state index in [0.717, 1.165) is 29.5 Å². The lowest BCUT2D eigenvalue weighted by molar-refractivity contribution is -0.137. The highest BCUT2D eigenvalue weighted by Gasteiger charge is 2.30. The van der Waals surface area contributed by atoms with Crippen LogP contribution in [0.2, 0.25) is 0 Å². The van der Waals surface area contributed by atoms with E-state index >= 15 is 0 Å². The number of unbranched alkanes of at least 4 members (excludes halogenated alkanes) is 3. The van der Waals surface area contributed by atoms with Gasteiger partial charge in [-0.15, -0.1) is 0 Å². The molecule has 4 nitrogen and oxygen atoms in total. The number of halogens is 3. The van der Waals surface area contributed by atoms with Crippen molar-refractivity contribution in [2.24, 2.45) is 0 Å². The zero-order valence-electron chi connectivity index (χ0n) is 20.3. The molecule has 1 N–H and O–H groups in total. The molecule has 0 bridgehead atoms. The number of anilines is 1. The lowest BCUT2D eigenvalue weighted by Gasteiger charge is -2.08. The number of hydrogen-bond acceptors (Lipinski definition) is 3. The summed E-state index contributed by atoms with van der Waals surface area (Å²) in [6, 6.07) is 10.5. The second-order valence-corrected chi connectivity index (χ2v) is 7.94. The van der Waals surface area contributed by atoms with Crippen molar-refractivity contribution in [3.63, 3.8) is 0 Å². The minimum absolute atomic E-state index is 0.0847. The minimum atomic E-state index is -4.53. The molecule has 0 spiro atoms. The van der Waals surface area contributed by atoms with Crippen molar-refractivity contribution in [2.75, 3.05) is 5.32 Å². The van der Waals surface area contributed by atoms with Gasteiger partial charge in [-0.2, -0.15) is 13.2 Å². The van der Waals surface area contributed by atoms with E-state index in [1.165, 1.54) is 31.7 Å². The molecule has 3 rings (SSSR count). The predicted octanol–water partition coefficient (Wildman–Crippen LogP) is 6.95. The van der Waals surface area contributed by atoms with Gasteiger partial charge in [-0.1, -0.05) is 63.5 Å². The Morgan fingerprint density at radius 3 is 2.37 bits per heavy atom. The quantitative estimate of drug-likeness (QED) is 0.318. The van der Waals surface area contributed by atoms with Crippen LogP contribution >= 0.6 is 0 Å². The van der Waals surface area contributed by atoms with Gasteiger partial charge in [0.15, 0.2) is 0 Å². The molecule has 0 atom stereocenters. The van der Waals surface area contributed by atoms with Gasteiger partial charge in [-0.05, 0) is 43.7 Å². The first-order valence-electron chi connectivity index (χ1n) is 11.4. The van der Waals surface area contributed by atoms with Crippen molar-refractivity contribution in [1.29, 1.82) is 0 Å². The van der Waals surface area contributed by atoms with Gasteiger partial charge >= 0.3 is 6.18 Å². The van der Waals surface area contributed by atoms with Crippen LogP contribution in [0, 0.1) is 37.8 Å². The molecule has 0 unspecified atom stereocenters. The molecule has 2 heterocycles. The van der Waals surface area contributed by atoms with Crippen molar-refractivity contribution in [2.45, 2.75) is 59.6 Å². The van der Waals surface area contributed by atoms with Gasteiger partial charge in [-0.3, -0.25) is 9.78 Å². The van der Waals surface area contributed by atoms with E-state index in [1.54, 1.807) is 19.3 Å². The maximum atomic E-state index is 12.8. The number of nitrogens with zero attached hydrogens (tertiary/aromatic N) is 2. The zero-order chi connectivity index (χ0) is 25.8. The summed E-state index contributed by atoms with van der Waals surface area (Å²) in [6.07, 6.45) is 5.33. The smallest absolute Gasteiger partial charge is 0.306 e. The van der Waals surface area contributed by atoms with Crippen LogP contribution < -0.4 is 5.32 Å². The molecule has 3 aromatic rings. The van der Waals surface area contributed by atoms with E-state index in [9.17, 15) is 18.0 Å². The van der Waals surface area contributed by atoms with Crippen LogP contribution in [0.3, 0.4) is 0 Å². The Kier molecular flexibility index (Phi) is 10.3. The van der Waals surface area contributed by atoms with E-state index < -0.39 is 17.6 Å². The van der Waals surface area contributed by atoms with Crippen LogP contribution in [0.1, 0.15) is 77.7 Å². The average molecular weight is 480 g/mol. The summed E-state index contributed by atoms with van der Waals surface area (Å²) in [4.78, 5) is 20.2. The first kappa shape index (κ1) is 27.4. The summed E-state index contributed by atoms with van der Waals surface area (Å²) in [5, 5.41) is 2.34. The van der Waals surface area contributed by atoms with Crippen molar-refractivity contribution >= 4 is 11.7 Å². The fourth-order valence-electron chi connectivity index (χ4n) is 2.89. The Morgan fingerprint density at radius 1 is 1.03 bits per heavy atom. The number of aryl methyl sites for hydroxylation is 1. The van der Waals surface area contributed by atoms with Crippen LogP contribution in [0.15, 0.2) is 42.9 Å². The largest absolute Gasteiger partial charge is 0.416 e. The average Bonchev–Trinajstić information content (AvgIpc) is 2.82. The highest BCUT2D eigenvalue weighted by Crippen LogP contribution is 2.29. The van der Waals surface area contributed by atoms with E-state index in [2.05, 4.69) is 53.1 Å². The monoisotopic (exact) mass is 479 g/mol. The topological polar surface area (TPSA) is 54.9 Å². The Labute approximate surface area is 205 Å². The van der Waals surface area contributed by atoms with E-state index in [0.29, 0.717) is 11.1 Å². The molecule has 0 radical (unpaired) electrons. The third-order valence-corrected chi connectivity index (χ3v) is 4.82. The number of aromatic nitrogens is 2. The van der Waals surface area contributed by atoms with Gasteiger partial charge in [0.1, 0.15) is 5.82 Å². The Morgan fingerprint density at radius 2 is 1.74 bits per heavy atom. The second kappa shape index (κ2) is 13.2. The van der Waals surface area contributed by atoms with Crippen LogP contribution in [-0.2, 0) is 6.18 Å². The Balaban J connectivity index is 0.000000641.